The number of hydrazone groups is 1. The SMILES string of the molecule is Cc1cc(C=NNC(=O)c2cc3c(ccc4ccccc43)o2)c(C)n1-c1cccc(Cl)c1. The van der Waals surface area contributed by atoms with Gasteiger partial charge in [-0.05, 0) is 61.0 Å². The molecular weight excluding hydrogens is 422 g/mol. The van der Waals surface area contributed by atoms with Crippen molar-refractivity contribution in [2.75, 3.05) is 0 Å². The third-order valence-electron chi connectivity index (χ3n) is 5.56. The smallest absolute Gasteiger partial charge is 0.307 e. The number of furan rings is 1. The van der Waals surface area contributed by atoms with Crippen LogP contribution in [0.5, 0.6) is 0 Å². The summed E-state index contributed by atoms with van der Waals surface area (Å²) in [4.78, 5) is 12.6. The maximum atomic E-state index is 12.6. The number of aromatic nitrogens is 1. The van der Waals surface area contributed by atoms with Crippen molar-refractivity contribution in [3.8, 4) is 5.69 Å². The summed E-state index contributed by atoms with van der Waals surface area (Å²) >= 11 is 6.15. The van der Waals surface area contributed by atoms with E-state index in [4.69, 9.17) is 16.0 Å². The molecule has 2 heterocycles. The van der Waals surface area contributed by atoms with Crippen LogP contribution in [0.15, 0.2) is 82.3 Å². The molecule has 158 valence electrons. The largest absolute Gasteiger partial charge is 0.451 e. The van der Waals surface area contributed by atoms with E-state index in [0.29, 0.717) is 10.6 Å². The Bertz CT molecular complexity index is 1510. The number of nitrogens with one attached hydrogen (secondary N) is 1. The Morgan fingerprint density at radius 2 is 1.84 bits per heavy atom. The quantitative estimate of drug-likeness (QED) is 0.259. The van der Waals surface area contributed by atoms with Crippen molar-refractivity contribution >= 4 is 45.5 Å². The van der Waals surface area contributed by atoms with Crippen molar-refractivity contribution in [1.82, 2.24) is 9.99 Å². The Morgan fingerprint density at radius 1 is 1.00 bits per heavy atom. The Morgan fingerprint density at radius 3 is 2.69 bits per heavy atom. The van der Waals surface area contributed by atoms with Crippen LogP contribution >= 0.6 is 11.6 Å². The van der Waals surface area contributed by atoms with Crippen molar-refractivity contribution in [2.24, 2.45) is 5.10 Å². The summed E-state index contributed by atoms with van der Waals surface area (Å²) in [6.45, 7) is 4.02. The minimum atomic E-state index is -0.398. The molecule has 0 aliphatic rings. The van der Waals surface area contributed by atoms with Crippen LogP contribution in [-0.4, -0.2) is 16.7 Å². The molecule has 0 aliphatic carbocycles. The third-order valence-corrected chi connectivity index (χ3v) is 5.79. The molecule has 0 atom stereocenters. The lowest BCUT2D eigenvalue weighted by Crippen LogP contribution is -2.16. The summed E-state index contributed by atoms with van der Waals surface area (Å²) in [6.07, 6.45) is 1.64. The van der Waals surface area contributed by atoms with Crippen molar-refractivity contribution < 1.29 is 9.21 Å². The van der Waals surface area contributed by atoms with Gasteiger partial charge in [-0.2, -0.15) is 5.10 Å². The van der Waals surface area contributed by atoms with Gasteiger partial charge in [0.1, 0.15) is 5.58 Å². The highest BCUT2D eigenvalue weighted by atomic mass is 35.5. The number of halogens is 1. The van der Waals surface area contributed by atoms with E-state index < -0.39 is 5.91 Å². The molecular formula is C26H20ClN3O2. The summed E-state index contributed by atoms with van der Waals surface area (Å²) in [5.74, 6) is -0.178. The minimum Gasteiger partial charge on any atom is -0.451 e. The standard InChI is InChI=1S/C26H20ClN3O2/c1-16-12-19(17(2)30(16)21-8-5-7-20(27)13-21)15-28-29-26(31)25-14-23-22-9-4-3-6-18(22)10-11-24(23)32-25/h3-15H,1-2H3,(H,29,31). The van der Waals surface area contributed by atoms with Crippen LogP contribution in [0.4, 0.5) is 0 Å². The number of benzene rings is 3. The first-order chi connectivity index (χ1) is 15.5. The van der Waals surface area contributed by atoms with Gasteiger partial charge < -0.3 is 8.98 Å². The predicted molar refractivity (Wildman–Crippen MR) is 129 cm³/mol. The van der Waals surface area contributed by atoms with E-state index in [1.54, 1.807) is 12.3 Å². The fourth-order valence-corrected chi connectivity index (χ4v) is 4.24. The average Bonchev–Trinajstić information content (AvgIpc) is 3.35. The number of hydrogen-bond acceptors (Lipinski definition) is 3. The minimum absolute atomic E-state index is 0.220. The molecule has 0 aliphatic heterocycles. The van der Waals surface area contributed by atoms with E-state index in [-0.39, 0.29) is 5.76 Å². The molecule has 5 aromatic rings. The summed E-state index contributed by atoms with van der Waals surface area (Å²) in [7, 11) is 0. The van der Waals surface area contributed by atoms with E-state index in [1.807, 2.05) is 80.6 Å². The molecule has 1 amide bonds. The fraction of sp³-hybridized carbons (Fsp3) is 0.0769. The number of fused-ring (bicyclic) bond motifs is 3. The zero-order valence-electron chi connectivity index (χ0n) is 17.6. The number of carbonyl (C=O) groups is 1. The molecule has 2 aromatic heterocycles. The van der Waals surface area contributed by atoms with Crippen molar-refractivity contribution in [2.45, 2.75) is 13.8 Å². The summed E-state index contributed by atoms with van der Waals surface area (Å²) in [6, 6.07) is 23.3. The van der Waals surface area contributed by atoms with Crippen molar-refractivity contribution in [3.05, 3.63) is 101 Å². The van der Waals surface area contributed by atoms with E-state index in [2.05, 4.69) is 15.1 Å². The molecule has 6 heteroatoms. The van der Waals surface area contributed by atoms with Gasteiger partial charge in [-0.25, -0.2) is 5.43 Å². The molecule has 5 nitrogen and oxygen atoms in total. The third kappa shape index (κ3) is 3.57. The number of amides is 1. The van der Waals surface area contributed by atoms with Gasteiger partial charge in [0, 0.05) is 33.0 Å². The van der Waals surface area contributed by atoms with E-state index >= 15 is 0 Å². The second-order valence-electron chi connectivity index (χ2n) is 7.65. The van der Waals surface area contributed by atoms with Gasteiger partial charge in [-0.3, -0.25) is 4.79 Å². The van der Waals surface area contributed by atoms with Gasteiger partial charge in [0.05, 0.1) is 6.21 Å². The number of carbonyl (C=O) groups excluding carboxylic acids is 1. The van der Waals surface area contributed by atoms with Crippen LogP contribution < -0.4 is 5.43 Å². The van der Waals surface area contributed by atoms with Crippen LogP contribution in [0.25, 0.3) is 27.4 Å². The van der Waals surface area contributed by atoms with Gasteiger partial charge in [0.25, 0.3) is 0 Å². The Hall–Kier alpha value is -3.83. The number of hydrogen-bond donors (Lipinski definition) is 1. The molecule has 0 saturated carbocycles. The monoisotopic (exact) mass is 441 g/mol. The molecule has 0 spiro atoms. The highest BCUT2D eigenvalue weighted by Crippen LogP contribution is 2.28. The second kappa shape index (κ2) is 8.02. The summed E-state index contributed by atoms with van der Waals surface area (Å²) in [5.41, 5.74) is 7.16. The summed E-state index contributed by atoms with van der Waals surface area (Å²) < 4.78 is 7.85. The number of aryl methyl sites for hydroxylation is 1. The first-order valence-electron chi connectivity index (χ1n) is 10.2. The number of nitrogens with zero attached hydrogens (tertiary/aromatic N) is 2. The van der Waals surface area contributed by atoms with E-state index in [9.17, 15) is 4.79 Å². The molecule has 0 radical (unpaired) electrons. The normalized spacial score (nSPS) is 11.6. The highest BCUT2D eigenvalue weighted by molar-refractivity contribution is 6.30. The maximum absolute atomic E-state index is 12.6. The van der Waals surface area contributed by atoms with Gasteiger partial charge >= 0.3 is 5.91 Å². The lowest BCUT2D eigenvalue weighted by Gasteiger charge is -2.09. The van der Waals surface area contributed by atoms with E-state index in [1.165, 1.54) is 0 Å². The molecule has 32 heavy (non-hydrogen) atoms. The van der Waals surface area contributed by atoms with E-state index in [0.717, 1.165) is 38.8 Å². The fourth-order valence-electron chi connectivity index (χ4n) is 4.05. The maximum Gasteiger partial charge on any atom is 0.307 e. The van der Waals surface area contributed by atoms with Gasteiger partial charge in [0.15, 0.2) is 5.76 Å². The van der Waals surface area contributed by atoms with Crippen LogP contribution in [0.3, 0.4) is 0 Å². The molecule has 0 fully saturated rings. The van der Waals surface area contributed by atoms with Gasteiger partial charge in [-0.1, -0.05) is 48.0 Å². The first kappa shape index (κ1) is 20.1. The molecule has 1 N–H and O–H groups in total. The molecule has 0 saturated heterocycles. The topological polar surface area (TPSA) is 59.5 Å². The first-order valence-corrected chi connectivity index (χ1v) is 10.6. The second-order valence-corrected chi connectivity index (χ2v) is 8.09. The van der Waals surface area contributed by atoms with Crippen LogP contribution in [0, 0.1) is 13.8 Å². The Kier molecular flexibility index (Phi) is 5.04. The van der Waals surface area contributed by atoms with Gasteiger partial charge in [0.2, 0.25) is 0 Å². The lowest BCUT2D eigenvalue weighted by atomic mass is 10.1. The van der Waals surface area contributed by atoms with Crippen molar-refractivity contribution in [3.63, 3.8) is 0 Å². The lowest BCUT2D eigenvalue weighted by molar-refractivity contribution is 0.0929. The zero-order valence-corrected chi connectivity index (χ0v) is 18.4. The van der Waals surface area contributed by atoms with Gasteiger partial charge in [-0.15, -0.1) is 0 Å². The average molecular weight is 442 g/mol. The highest BCUT2D eigenvalue weighted by Gasteiger charge is 2.14. The summed E-state index contributed by atoms with van der Waals surface area (Å²) in [5, 5.41) is 7.88. The zero-order chi connectivity index (χ0) is 22.2. The molecule has 0 unspecified atom stereocenters. The Balaban J connectivity index is 1.38. The van der Waals surface area contributed by atoms with Crippen molar-refractivity contribution in [1.29, 1.82) is 0 Å². The van der Waals surface area contributed by atoms with Crippen LogP contribution in [-0.2, 0) is 0 Å². The van der Waals surface area contributed by atoms with Crippen LogP contribution in [0.2, 0.25) is 5.02 Å². The Labute approximate surface area is 189 Å². The predicted octanol–water partition coefficient (Wildman–Crippen LogP) is 6.41. The molecule has 5 rings (SSSR count). The molecule has 3 aromatic carbocycles. The number of rotatable bonds is 4. The van der Waals surface area contributed by atoms with Crippen LogP contribution in [0.1, 0.15) is 27.5 Å². The molecule has 0 bridgehead atoms.